The first-order valence-corrected chi connectivity index (χ1v) is 9.48. The Morgan fingerprint density at radius 2 is 2.08 bits per heavy atom. The number of anilines is 1. The van der Waals surface area contributed by atoms with Crippen LogP contribution >= 0.6 is 23.4 Å². The SMILES string of the molecule is C[C@H](NC(=O)CCN1C(=O)CSc2ccccc21)c1cccc(Cl)c1. The molecule has 1 heterocycles. The molecule has 1 aliphatic heterocycles. The molecule has 0 bridgehead atoms. The predicted octanol–water partition coefficient (Wildman–Crippen LogP) is 4.05. The van der Waals surface area contributed by atoms with Crippen LogP contribution in [0.15, 0.2) is 53.4 Å². The zero-order valence-corrected chi connectivity index (χ0v) is 15.4. The van der Waals surface area contributed by atoms with E-state index < -0.39 is 0 Å². The van der Waals surface area contributed by atoms with Gasteiger partial charge in [-0.25, -0.2) is 0 Å². The molecule has 6 heteroatoms. The van der Waals surface area contributed by atoms with Crippen molar-refractivity contribution in [1.82, 2.24) is 5.32 Å². The number of nitrogens with one attached hydrogen (secondary N) is 1. The number of nitrogens with zero attached hydrogens (tertiary/aromatic N) is 1. The number of rotatable bonds is 5. The monoisotopic (exact) mass is 374 g/mol. The molecule has 25 heavy (non-hydrogen) atoms. The first-order chi connectivity index (χ1) is 12.0. The number of hydrogen-bond acceptors (Lipinski definition) is 3. The summed E-state index contributed by atoms with van der Waals surface area (Å²) in [5.41, 5.74) is 1.84. The quantitative estimate of drug-likeness (QED) is 0.859. The van der Waals surface area contributed by atoms with Crippen LogP contribution in [0.4, 0.5) is 5.69 Å². The number of hydrogen-bond donors (Lipinski definition) is 1. The van der Waals surface area contributed by atoms with Crippen LogP contribution in [0, 0.1) is 0 Å². The Bertz CT molecular complexity index is 796. The number of benzene rings is 2. The summed E-state index contributed by atoms with van der Waals surface area (Å²) in [5.74, 6) is 0.368. The zero-order valence-electron chi connectivity index (χ0n) is 13.9. The van der Waals surface area contributed by atoms with Gasteiger partial charge < -0.3 is 10.2 Å². The molecule has 0 aromatic heterocycles. The fourth-order valence-corrected chi connectivity index (χ4v) is 3.92. The average Bonchev–Trinajstić information content (AvgIpc) is 2.61. The molecule has 0 fully saturated rings. The van der Waals surface area contributed by atoms with Gasteiger partial charge in [-0.2, -0.15) is 0 Å². The van der Waals surface area contributed by atoms with Crippen molar-refractivity contribution >= 4 is 40.9 Å². The summed E-state index contributed by atoms with van der Waals surface area (Å²) in [6.07, 6.45) is 0.260. The van der Waals surface area contributed by atoms with E-state index in [1.807, 2.05) is 49.4 Å². The fraction of sp³-hybridized carbons (Fsp3) is 0.263. The Morgan fingerprint density at radius 3 is 2.88 bits per heavy atom. The van der Waals surface area contributed by atoms with Crippen LogP contribution in [-0.4, -0.2) is 24.1 Å². The molecule has 1 atom stereocenters. The number of halogens is 1. The van der Waals surface area contributed by atoms with Gasteiger partial charge in [-0.3, -0.25) is 9.59 Å². The fourth-order valence-electron chi connectivity index (χ4n) is 2.79. The summed E-state index contributed by atoms with van der Waals surface area (Å²) in [7, 11) is 0. The Labute approximate surface area is 156 Å². The molecule has 2 aromatic rings. The molecule has 0 spiro atoms. The lowest BCUT2D eigenvalue weighted by atomic mass is 10.1. The third kappa shape index (κ3) is 4.35. The summed E-state index contributed by atoms with van der Waals surface area (Å²) in [6, 6.07) is 15.1. The number of amides is 2. The summed E-state index contributed by atoms with van der Waals surface area (Å²) < 4.78 is 0. The summed E-state index contributed by atoms with van der Waals surface area (Å²) in [4.78, 5) is 27.3. The van der Waals surface area contributed by atoms with Gasteiger partial charge in [0.15, 0.2) is 0 Å². The molecule has 0 unspecified atom stereocenters. The molecule has 0 saturated heterocycles. The van der Waals surface area contributed by atoms with Crippen LogP contribution < -0.4 is 10.2 Å². The third-order valence-electron chi connectivity index (χ3n) is 4.10. The topological polar surface area (TPSA) is 49.4 Å². The predicted molar refractivity (Wildman–Crippen MR) is 102 cm³/mol. The number of para-hydroxylation sites is 1. The number of fused-ring (bicyclic) bond motifs is 1. The van der Waals surface area contributed by atoms with Crippen molar-refractivity contribution in [3.63, 3.8) is 0 Å². The van der Waals surface area contributed by atoms with E-state index >= 15 is 0 Å². The summed E-state index contributed by atoms with van der Waals surface area (Å²) >= 11 is 7.53. The van der Waals surface area contributed by atoms with Gasteiger partial charge in [0, 0.05) is 22.9 Å². The number of thioether (sulfide) groups is 1. The normalized spacial score (nSPS) is 14.8. The standard InChI is InChI=1S/C19H19ClN2O2S/c1-13(14-5-4-6-15(20)11-14)21-18(23)9-10-22-16-7-2-3-8-17(16)25-12-19(22)24/h2-8,11,13H,9-10,12H2,1H3,(H,21,23)/t13-/m0/s1. The highest BCUT2D eigenvalue weighted by molar-refractivity contribution is 8.00. The molecular formula is C19H19ClN2O2S. The molecule has 4 nitrogen and oxygen atoms in total. The van der Waals surface area contributed by atoms with Crippen LogP contribution in [0.25, 0.3) is 0 Å². The van der Waals surface area contributed by atoms with E-state index in [4.69, 9.17) is 11.6 Å². The van der Waals surface area contributed by atoms with Gasteiger partial charge in [-0.15, -0.1) is 11.8 Å². The van der Waals surface area contributed by atoms with Crippen LogP contribution in [0.5, 0.6) is 0 Å². The molecule has 3 rings (SSSR count). The second-order valence-corrected chi connectivity index (χ2v) is 7.35. The molecule has 2 aromatic carbocycles. The molecular weight excluding hydrogens is 356 g/mol. The maximum Gasteiger partial charge on any atom is 0.237 e. The van der Waals surface area contributed by atoms with E-state index in [1.54, 1.807) is 11.0 Å². The van der Waals surface area contributed by atoms with Crippen molar-refractivity contribution in [3.05, 3.63) is 59.1 Å². The first kappa shape index (κ1) is 17.8. The van der Waals surface area contributed by atoms with Gasteiger partial charge in [-0.05, 0) is 36.8 Å². The Balaban J connectivity index is 1.60. The minimum absolute atomic E-state index is 0.0411. The van der Waals surface area contributed by atoms with Crippen molar-refractivity contribution in [2.45, 2.75) is 24.3 Å². The van der Waals surface area contributed by atoms with Crippen molar-refractivity contribution in [2.24, 2.45) is 0 Å². The van der Waals surface area contributed by atoms with Gasteiger partial charge in [0.1, 0.15) is 0 Å². The van der Waals surface area contributed by atoms with E-state index in [0.29, 0.717) is 17.3 Å². The number of carbonyl (C=O) groups is 2. The van der Waals surface area contributed by atoms with Crippen LogP contribution in [0.2, 0.25) is 5.02 Å². The average molecular weight is 375 g/mol. The van der Waals surface area contributed by atoms with Crippen molar-refractivity contribution < 1.29 is 9.59 Å². The maximum atomic E-state index is 12.3. The van der Waals surface area contributed by atoms with Crippen molar-refractivity contribution in [1.29, 1.82) is 0 Å². The largest absolute Gasteiger partial charge is 0.350 e. The van der Waals surface area contributed by atoms with Crippen LogP contribution in [0.3, 0.4) is 0 Å². The lowest BCUT2D eigenvalue weighted by molar-refractivity contribution is -0.121. The van der Waals surface area contributed by atoms with Crippen molar-refractivity contribution in [2.75, 3.05) is 17.2 Å². The lowest BCUT2D eigenvalue weighted by Crippen LogP contribution is -2.38. The Hall–Kier alpha value is -1.98. The van der Waals surface area contributed by atoms with Gasteiger partial charge in [-0.1, -0.05) is 35.9 Å². The van der Waals surface area contributed by atoms with Crippen LogP contribution in [0.1, 0.15) is 24.9 Å². The summed E-state index contributed by atoms with van der Waals surface area (Å²) in [5, 5.41) is 3.61. The van der Waals surface area contributed by atoms with Gasteiger partial charge in [0.2, 0.25) is 11.8 Å². The minimum Gasteiger partial charge on any atom is -0.350 e. The smallest absolute Gasteiger partial charge is 0.237 e. The molecule has 1 aliphatic rings. The van der Waals surface area contributed by atoms with E-state index in [1.165, 1.54) is 11.8 Å². The van der Waals surface area contributed by atoms with Crippen LogP contribution in [-0.2, 0) is 9.59 Å². The number of carbonyl (C=O) groups excluding carboxylic acids is 2. The molecule has 0 saturated carbocycles. The zero-order chi connectivity index (χ0) is 17.8. The van der Waals surface area contributed by atoms with Gasteiger partial charge in [0.25, 0.3) is 0 Å². The maximum absolute atomic E-state index is 12.3. The van der Waals surface area contributed by atoms with E-state index in [0.717, 1.165) is 16.1 Å². The van der Waals surface area contributed by atoms with E-state index in [2.05, 4.69) is 5.32 Å². The van der Waals surface area contributed by atoms with E-state index in [9.17, 15) is 9.59 Å². The highest BCUT2D eigenvalue weighted by Crippen LogP contribution is 2.34. The highest BCUT2D eigenvalue weighted by atomic mass is 35.5. The highest BCUT2D eigenvalue weighted by Gasteiger charge is 2.24. The Kier molecular flexibility index (Phi) is 5.66. The molecule has 2 amide bonds. The second-order valence-electron chi connectivity index (χ2n) is 5.90. The summed E-state index contributed by atoms with van der Waals surface area (Å²) in [6.45, 7) is 2.30. The van der Waals surface area contributed by atoms with E-state index in [-0.39, 0.29) is 24.3 Å². The molecule has 130 valence electrons. The van der Waals surface area contributed by atoms with Crippen molar-refractivity contribution in [3.8, 4) is 0 Å². The minimum atomic E-state index is -0.133. The van der Waals surface area contributed by atoms with Gasteiger partial charge in [0.05, 0.1) is 17.5 Å². The molecule has 1 N–H and O–H groups in total. The molecule has 0 radical (unpaired) electrons. The molecule has 0 aliphatic carbocycles. The first-order valence-electron chi connectivity index (χ1n) is 8.11. The Morgan fingerprint density at radius 1 is 1.28 bits per heavy atom. The lowest BCUT2D eigenvalue weighted by Gasteiger charge is -2.28. The third-order valence-corrected chi connectivity index (χ3v) is 5.38. The second kappa shape index (κ2) is 7.93. The van der Waals surface area contributed by atoms with Gasteiger partial charge >= 0.3 is 0 Å².